The number of aliphatic hydroxyl groups excluding tert-OH is 1. The van der Waals surface area contributed by atoms with Gasteiger partial charge in [-0.25, -0.2) is 0 Å². The first-order chi connectivity index (χ1) is 9.81. The standard InChI is InChI=1S/C15H22ClNO3/c16-13-9-12(10-14-15(13)20-8-7-19-14)11-17-5-3-1-2-4-6-18/h9-10,17-18H,1-8,11H2. The first kappa shape index (κ1) is 15.4. The van der Waals surface area contributed by atoms with Gasteiger partial charge < -0.3 is 19.9 Å². The minimum atomic E-state index is 0.295. The summed E-state index contributed by atoms with van der Waals surface area (Å²) in [5.74, 6) is 1.40. The lowest BCUT2D eigenvalue weighted by Crippen LogP contribution is -2.17. The van der Waals surface area contributed by atoms with Gasteiger partial charge >= 0.3 is 0 Å². The molecule has 0 unspecified atom stereocenters. The Bertz CT molecular complexity index is 426. The molecule has 1 aromatic carbocycles. The number of fused-ring (bicyclic) bond motifs is 1. The highest BCUT2D eigenvalue weighted by Gasteiger charge is 2.16. The molecule has 1 aliphatic rings. The zero-order valence-corrected chi connectivity index (χ0v) is 12.4. The summed E-state index contributed by atoms with van der Waals surface area (Å²) in [6, 6.07) is 3.91. The van der Waals surface area contributed by atoms with Crippen LogP contribution in [0.15, 0.2) is 12.1 Å². The van der Waals surface area contributed by atoms with E-state index in [1.54, 1.807) is 0 Å². The highest BCUT2D eigenvalue weighted by Crippen LogP contribution is 2.38. The van der Waals surface area contributed by atoms with Crippen molar-refractivity contribution in [2.45, 2.75) is 32.2 Å². The number of unbranched alkanes of at least 4 members (excludes halogenated alkanes) is 3. The van der Waals surface area contributed by atoms with Gasteiger partial charge in [-0.15, -0.1) is 0 Å². The molecule has 5 heteroatoms. The van der Waals surface area contributed by atoms with E-state index in [4.69, 9.17) is 26.2 Å². The lowest BCUT2D eigenvalue weighted by molar-refractivity contribution is 0.171. The van der Waals surface area contributed by atoms with Crippen LogP contribution in [0.4, 0.5) is 0 Å². The molecule has 0 aliphatic carbocycles. The molecule has 0 saturated carbocycles. The fourth-order valence-electron chi connectivity index (χ4n) is 2.21. The summed E-state index contributed by atoms with van der Waals surface area (Å²) in [6.07, 6.45) is 4.26. The number of benzene rings is 1. The first-order valence-electron chi connectivity index (χ1n) is 7.21. The van der Waals surface area contributed by atoms with Gasteiger partial charge in [-0.3, -0.25) is 0 Å². The monoisotopic (exact) mass is 299 g/mol. The zero-order chi connectivity index (χ0) is 14.2. The summed E-state index contributed by atoms with van der Waals surface area (Å²) in [5, 5.41) is 12.7. The maximum atomic E-state index is 8.69. The summed E-state index contributed by atoms with van der Waals surface area (Å²) in [5.41, 5.74) is 1.11. The maximum absolute atomic E-state index is 8.69. The van der Waals surface area contributed by atoms with Crippen LogP contribution >= 0.6 is 11.6 Å². The summed E-state index contributed by atoms with van der Waals surface area (Å²) in [6.45, 7) is 3.17. The van der Waals surface area contributed by atoms with Crippen LogP contribution in [0.25, 0.3) is 0 Å². The maximum Gasteiger partial charge on any atom is 0.179 e. The fourth-order valence-corrected chi connectivity index (χ4v) is 2.50. The number of aliphatic hydroxyl groups is 1. The summed E-state index contributed by atoms with van der Waals surface area (Å²) in [7, 11) is 0. The van der Waals surface area contributed by atoms with Crippen molar-refractivity contribution < 1.29 is 14.6 Å². The van der Waals surface area contributed by atoms with E-state index in [0.29, 0.717) is 30.6 Å². The summed E-state index contributed by atoms with van der Waals surface area (Å²) >= 11 is 6.19. The van der Waals surface area contributed by atoms with Crippen LogP contribution in [-0.2, 0) is 6.54 Å². The van der Waals surface area contributed by atoms with Gasteiger partial charge in [0.1, 0.15) is 13.2 Å². The van der Waals surface area contributed by atoms with Gasteiger partial charge in [0.25, 0.3) is 0 Å². The molecule has 0 radical (unpaired) electrons. The minimum absolute atomic E-state index is 0.295. The molecule has 0 fully saturated rings. The van der Waals surface area contributed by atoms with Crippen molar-refractivity contribution in [3.05, 3.63) is 22.7 Å². The van der Waals surface area contributed by atoms with Gasteiger partial charge in [0, 0.05) is 13.2 Å². The molecule has 1 aliphatic heterocycles. The Morgan fingerprint density at radius 3 is 2.75 bits per heavy atom. The number of hydrogen-bond acceptors (Lipinski definition) is 4. The van der Waals surface area contributed by atoms with Crippen molar-refractivity contribution in [3.63, 3.8) is 0 Å². The lowest BCUT2D eigenvalue weighted by Gasteiger charge is -2.20. The predicted molar refractivity (Wildman–Crippen MR) is 79.7 cm³/mol. The molecule has 2 rings (SSSR count). The van der Waals surface area contributed by atoms with Gasteiger partial charge in [-0.1, -0.05) is 24.4 Å². The number of halogens is 1. The van der Waals surface area contributed by atoms with Crippen molar-refractivity contribution in [1.29, 1.82) is 0 Å². The first-order valence-corrected chi connectivity index (χ1v) is 7.58. The van der Waals surface area contributed by atoms with Crippen LogP contribution < -0.4 is 14.8 Å². The van der Waals surface area contributed by atoms with E-state index in [0.717, 1.165) is 50.1 Å². The van der Waals surface area contributed by atoms with Crippen LogP contribution in [0.2, 0.25) is 5.02 Å². The quantitative estimate of drug-likeness (QED) is 0.725. The van der Waals surface area contributed by atoms with Gasteiger partial charge in [0.05, 0.1) is 5.02 Å². The van der Waals surface area contributed by atoms with Crippen molar-refractivity contribution in [2.75, 3.05) is 26.4 Å². The summed E-state index contributed by atoms with van der Waals surface area (Å²) in [4.78, 5) is 0. The molecule has 0 saturated heterocycles. The third kappa shape index (κ3) is 4.54. The highest BCUT2D eigenvalue weighted by atomic mass is 35.5. The van der Waals surface area contributed by atoms with E-state index in [9.17, 15) is 0 Å². The average Bonchev–Trinajstić information content (AvgIpc) is 2.46. The molecule has 4 nitrogen and oxygen atoms in total. The van der Waals surface area contributed by atoms with E-state index in [2.05, 4.69) is 5.32 Å². The second-order valence-electron chi connectivity index (χ2n) is 4.92. The highest BCUT2D eigenvalue weighted by molar-refractivity contribution is 6.32. The number of nitrogens with one attached hydrogen (secondary N) is 1. The molecule has 0 bridgehead atoms. The molecule has 0 amide bonds. The van der Waals surface area contributed by atoms with Crippen LogP contribution in [0.3, 0.4) is 0 Å². The largest absolute Gasteiger partial charge is 0.486 e. The molecular weight excluding hydrogens is 278 g/mol. The van der Waals surface area contributed by atoms with E-state index in [-0.39, 0.29) is 0 Å². The molecule has 0 atom stereocenters. The predicted octanol–water partition coefficient (Wildman–Crippen LogP) is 2.75. The Kier molecular flexibility index (Phi) is 6.43. The molecule has 20 heavy (non-hydrogen) atoms. The van der Waals surface area contributed by atoms with Gasteiger partial charge in [-0.05, 0) is 37.1 Å². The fraction of sp³-hybridized carbons (Fsp3) is 0.600. The van der Waals surface area contributed by atoms with E-state index in [1.165, 1.54) is 0 Å². The van der Waals surface area contributed by atoms with Crippen LogP contribution in [0.5, 0.6) is 11.5 Å². The molecular formula is C15H22ClNO3. The Morgan fingerprint density at radius 2 is 1.90 bits per heavy atom. The number of hydrogen-bond donors (Lipinski definition) is 2. The smallest absolute Gasteiger partial charge is 0.179 e. The van der Waals surface area contributed by atoms with E-state index >= 15 is 0 Å². The van der Waals surface area contributed by atoms with E-state index < -0.39 is 0 Å². The lowest BCUT2D eigenvalue weighted by atomic mass is 10.1. The molecule has 0 spiro atoms. The van der Waals surface area contributed by atoms with Gasteiger partial charge in [0.2, 0.25) is 0 Å². The Labute approximate surface area is 125 Å². The van der Waals surface area contributed by atoms with Crippen molar-refractivity contribution in [3.8, 4) is 11.5 Å². The number of ether oxygens (including phenoxy) is 2. The van der Waals surface area contributed by atoms with E-state index in [1.807, 2.05) is 12.1 Å². The van der Waals surface area contributed by atoms with Gasteiger partial charge in [0.15, 0.2) is 11.5 Å². The van der Waals surface area contributed by atoms with Crippen LogP contribution in [0, 0.1) is 0 Å². The topological polar surface area (TPSA) is 50.7 Å². The molecule has 1 heterocycles. The Hall–Kier alpha value is -0.970. The molecule has 0 aromatic heterocycles. The Balaban J connectivity index is 1.74. The normalized spacial score (nSPS) is 13.5. The average molecular weight is 300 g/mol. The Morgan fingerprint density at radius 1 is 1.10 bits per heavy atom. The minimum Gasteiger partial charge on any atom is -0.486 e. The summed E-state index contributed by atoms with van der Waals surface area (Å²) < 4.78 is 11.0. The third-order valence-electron chi connectivity index (χ3n) is 3.25. The molecule has 112 valence electrons. The molecule has 1 aromatic rings. The van der Waals surface area contributed by atoms with Gasteiger partial charge in [-0.2, -0.15) is 0 Å². The van der Waals surface area contributed by atoms with Crippen LogP contribution in [0.1, 0.15) is 31.2 Å². The van der Waals surface area contributed by atoms with Crippen molar-refractivity contribution in [1.82, 2.24) is 5.32 Å². The third-order valence-corrected chi connectivity index (χ3v) is 3.53. The SMILES string of the molecule is OCCCCCCNCc1cc(Cl)c2c(c1)OCCO2. The second-order valence-corrected chi connectivity index (χ2v) is 5.32. The van der Waals surface area contributed by atoms with Crippen LogP contribution in [-0.4, -0.2) is 31.5 Å². The van der Waals surface area contributed by atoms with Crippen molar-refractivity contribution in [2.24, 2.45) is 0 Å². The molecule has 2 N–H and O–H groups in total. The second kappa shape index (κ2) is 8.35. The van der Waals surface area contributed by atoms with Crippen molar-refractivity contribution >= 4 is 11.6 Å². The number of rotatable bonds is 8. The zero-order valence-electron chi connectivity index (χ0n) is 11.7.